The van der Waals surface area contributed by atoms with Gasteiger partial charge in [0.25, 0.3) is 5.91 Å². The summed E-state index contributed by atoms with van der Waals surface area (Å²) in [6, 6.07) is 0.298. The van der Waals surface area contributed by atoms with Crippen molar-refractivity contribution < 1.29 is 19.0 Å². The van der Waals surface area contributed by atoms with Gasteiger partial charge in [-0.25, -0.2) is 0 Å². The van der Waals surface area contributed by atoms with Gasteiger partial charge in [0.2, 0.25) is 0 Å². The van der Waals surface area contributed by atoms with Crippen LogP contribution in [0.25, 0.3) is 0 Å². The van der Waals surface area contributed by atoms with Crippen LogP contribution in [-0.2, 0) is 19.0 Å². The molecule has 3 fully saturated rings. The van der Waals surface area contributed by atoms with Crippen LogP contribution in [0.15, 0.2) is 0 Å². The molecule has 2 aliphatic heterocycles. The van der Waals surface area contributed by atoms with E-state index in [0.717, 1.165) is 51.6 Å². The third-order valence-corrected chi connectivity index (χ3v) is 4.88. The molecular formula is C15H25NO4. The van der Waals surface area contributed by atoms with Crippen molar-refractivity contribution in [3.8, 4) is 0 Å². The molecule has 1 amide bonds. The van der Waals surface area contributed by atoms with Gasteiger partial charge in [0, 0.05) is 32.5 Å². The number of carbonyl (C=O) groups is 1. The minimum Gasteiger partial charge on any atom is -0.368 e. The predicted molar refractivity (Wildman–Crippen MR) is 73.3 cm³/mol. The highest BCUT2D eigenvalue weighted by atomic mass is 16.7. The van der Waals surface area contributed by atoms with Crippen LogP contribution >= 0.6 is 0 Å². The molecule has 20 heavy (non-hydrogen) atoms. The molecule has 114 valence electrons. The first-order valence-corrected chi connectivity index (χ1v) is 7.86. The van der Waals surface area contributed by atoms with E-state index in [2.05, 4.69) is 0 Å². The van der Waals surface area contributed by atoms with E-state index in [9.17, 15) is 4.79 Å². The maximum absolute atomic E-state index is 12.4. The zero-order valence-corrected chi connectivity index (χ0v) is 12.3. The summed E-state index contributed by atoms with van der Waals surface area (Å²) < 4.78 is 17.1. The van der Waals surface area contributed by atoms with Crippen molar-refractivity contribution in [2.24, 2.45) is 0 Å². The van der Waals surface area contributed by atoms with Crippen LogP contribution in [0.2, 0.25) is 0 Å². The Balaban J connectivity index is 1.52. The van der Waals surface area contributed by atoms with E-state index in [1.54, 1.807) is 0 Å². The third kappa shape index (κ3) is 2.85. The summed E-state index contributed by atoms with van der Waals surface area (Å²) in [6.45, 7) is 2.13. The summed E-state index contributed by atoms with van der Waals surface area (Å²) in [5, 5.41) is 0. The molecule has 3 rings (SSSR count). The maximum Gasteiger partial charge on any atom is 0.251 e. The molecule has 3 aliphatic rings. The van der Waals surface area contributed by atoms with Crippen molar-refractivity contribution in [1.82, 2.24) is 4.90 Å². The maximum atomic E-state index is 12.4. The van der Waals surface area contributed by atoms with Crippen molar-refractivity contribution in [2.75, 3.05) is 26.9 Å². The van der Waals surface area contributed by atoms with Crippen LogP contribution in [0.3, 0.4) is 0 Å². The molecule has 2 heterocycles. The van der Waals surface area contributed by atoms with E-state index in [1.807, 2.05) is 11.9 Å². The number of hydrogen-bond donors (Lipinski definition) is 0. The largest absolute Gasteiger partial charge is 0.368 e. The molecule has 1 saturated carbocycles. The Kier molecular flexibility index (Phi) is 4.29. The summed E-state index contributed by atoms with van der Waals surface area (Å²) in [6.07, 6.45) is 6.51. The number of amides is 1. The molecular weight excluding hydrogens is 258 g/mol. The van der Waals surface area contributed by atoms with Crippen LogP contribution in [-0.4, -0.2) is 55.6 Å². The molecule has 1 spiro atoms. The second-order valence-electron chi connectivity index (χ2n) is 6.14. The molecule has 0 bridgehead atoms. The zero-order chi connectivity index (χ0) is 14.0. The van der Waals surface area contributed by atoms with Crippen LogP contribution in [0.5, 0.6) is 0 Å². The molecule has 1 unspecified atom stereocenters. The van der Waals surface area contributed by atoms with E-state index in [1.165, 1.54) is 0 Å². The highest BCUT2D eigenvalue weighted by molar-refractivity contribution is 5.81. The van der Waals surface area contributed by atoms with E-state index in [4.69, 9.17) is 14.2 Å². The van der Waals surface area contributed by atoms with Gasteiger partial charge in [0.05, 0.1) is 13.2 Å². The van der Waals surface area contributed by atoms with Gasteiger partial charge in [-0.3, -0.25) is 4.79 Å². The zero-order valence-electron chi connectivity index (χ0n) is 12.3. The van der Waals surface area contributed by atoms with Crippen molar-refractivity contribution in [3.05, 3.63) is 0 Å². The first-order valence-electron chi connectivity index (χ1n) is 7.86. The number of carbonyl (C=O) groups excluding carboxylic acids is 1. The Morgan fingerprint density at radius 3 is 2.35 bits per heavy atom. The third-order valence-electron chi connectivity index (χ3n) is 4.88. The minimum atomic E-state index is -0.346. The molecule has 5 nitrogen and oxygen atoms in total. The normalized spacial score (nSPS) is 30.6. The van der Waals surface area contributed by atoms with Crippen molar-refractivity contribution in [1.29, 1.82) is 0 Å². The van der Waals surface area contributed by atoms with Gasteiger partial charge in [-0.2, -0.15) is 0 Å². The molecule has 0 aromatic rings. The highest BCUT2D eigenvalue weighted by Gasteiger charge is 2.42. The summed E-state index contributed by atoms with van der Waals surface area (Å²) in [4.78, 5) is 14.3. The van der Waals surface area contributed by atoms with Gasteiger partial charge >= 0.3 is 0 Å². The van der Waals surface area contributed by atoms with Gasteiger partial charge < -0.3 is 19.1 Å². The quantitative estimate of drug-likeness (QED) is 0.774. The Morgan fingerprint density at radius 1 is 1.05 bits per heavy atom. The summed E-state index contributed by atoms with van der Waals surface area (Å²) in [5.41, 5.74) is 0. The van der Waals surface area contributed by atoms with Gasteiger partial charge in [-0.15, -0.1) is 0 Å². The molecule has 0 radical (unpaired) electrons. The Bertz CT molecular complexity index is 338. The fourth-order valence-corrected chi connectivity index (χ4v) is 3.56. The Hall–Kier alpha value is -0.650. The molecule has 5 heteroatoms. The smallest absolute Gasteiger partial charge is 0.251 e. The second-order valence-corrected chi connectivity index (χ2v) is 6.14. The molecule has 0 N–H and O–H groups in total. The number of nitrogens with zero attached hydrogens (tertiary/aromatic N) is 1. The van der Waals surface area contributed by atoms with Crippen molar-refractivity contribution in [3.63, 3.8) is 0 Å². The number of ether oxygens (including phenoxy) is 3. The first kappa shape index (κ1) is 14.3. The summed E-state index contributed by atoms with van der Waals surface area (Å²) in [7, 11) is 1.92. The summed E-state index contributed by atoms with van der Waals surface area (Å²) >= 11 is 0. The number of likely N-dealkylation sites (N-methyl/N-ethyl adjacent to an activating group) is 1. The van der Waals surface area contributed by atoms with Crippen LogP contribution < -0.4 is 0 Å². The van der Waals surface area contributed by atoms with Gasteiger partial charge in [-0.1, -0.05) is 0 Å². The first-order chi connectivity index (χ1) is 9.70. The SMILES string of the molecule is CN(C(=O)C1CCCCO1)C1CCC2(CC1)OCCO2. The molecule has 2 saturated heterocycles. The molecule has 0 aromatic heterocycles. The van der Waals surface area contributed by atoms with Gasteiger partial charge in [0.1, 0.15) is 6.10 Å². The standard InChI is InChI=1S/C15H25NO4/c1-16(14(17)13-4-2-3-9-18-13)12-5-7-15(8-6-12)19-10-11-20-15/h12-13H,2-11H2,1H3. The minimum absolute atomic E-state index is 0.152. The van der Waals surface area contributed by atoms with Crippen LogP contribution in [0, 0.1) is 0 Å². The van der Waals surface area contributed by atoms with E-state index in [0.29, 0.717) is 19.3 Å². The highest BCUT2D eigenvalue weighted by Crippen LogP contribution is 2.37. The predicted octanol–water partition coefficient (Wildman–Crippen LogP) is 1.70. The lowest BCUT2D eigenvalue weighted by Crippen LogP contribution is -2.48. The fraction of sp³-hybridized carbons (Fsp3) is 0.933. The summed E-state index contributed by atoms with van der Waals surface area (Å²) in [5.74, 6) is -0.194. The lowest BCUT2D eigenvalue weighted by Gasteiger charge is -2.40. The van der Waals surface area contributed by atoms with E-state index < -0.39 is 0 Å². The topological polar surface area (TPSA) is 48.0 Å². The molecule has 0 aromatic carbocycles. The van der Waals surface area contributed by atoms with E-state index >= 15 is 0 Å². The van der Waals surface area contributed by atoms with Crippen LogP contribution in [0.4, 0.5) is 0 Å². The lowest BCUT2D eigenvalue weighted by atomic mass is 9.89. The fourth-order valence-electron chi connectivity index (χ4n) is 3.56. The number of hydrogen-bond acceptors (Lipinski definition) is 4. The van der Waals surface area contributed by atoms with Gasteiger partial charge in [0.15, 0.2) is 5.79 Å². The molecule has 1 atom stereocenters. The van der Waals surface area contributed by atoms with Crippen LogP contribution in [0.1, 0.15) is 44.9 Å². The Labute approximate surface area is 120 Å². The lowest BCUT2D eigenvalue weighted by molar-refractivity contribution is -0.186. The average molecular weight is 283 g/mol. The average Bonchev–Trinajstić information content (AvgIpc) is 2.96. The van der Waals surface area contributed by atoms with Crippen molar-refractivity contribution in [2.45, 2.75) is 62.9 Å². The Morgan fingerprint density at radius 2 is 1.75 bits per heavy atom. The van der Waals surface area contributed by atoms with E-state index in [-0.39, 0.29) is 17.8 Å². The monoisotopic (exact) mass is 283 g/mol. The van der Waals surface area contributed by atoms with Gasteiger partial charge in [-0.05, 0) is 32.1 Å². The second kappa shape index (κ2) is 6.00. The molecule has 1 aliphatic carbocycles. The van der Waals surface area contributed by atoms with Crippen molar-refractivity contribution >= 4 is 5.91 Å². The number of rotatable bonds is 2.